The molecular formula is C10H23N3O4. The molecule has 1 saturated heterocycles. The van der Waals surface area contributed by atoms with E-state index in [9.17, 15) is 10.2 Å². The van der Waals surface area contributed by atoms with Crippen molar-refractivity contribution < 1.29 is 19.7 Å². The number of aliphatic hydroxyl groups is 2. The lowest BCUT2D eigenvalue weighted by Crippen LogP contribution is -2.64. The molecule has 0 aromatic carbocycles. The predicted octanol–water partition coefficient (Wildman–Crippen LogP) is -2.78. The Bertz CT molecular complexity index is 220. The van der Waals surface area contributed by atoms with E-state index in [1.807, 2.05) is 7.05 Å². The number of nitrogens with one attached hydrogen (secondary N) is 2. The molecule has 7 heteroatoms. The molecule has 1 heterocycles. The molecule has 17 heavy (non-hydrogen) atoms. The Labute approximate surface area is 101 Å². The zero-order valence-electron chi connectivity index (χ0n) is 10.3. The van der Waals surface area contributed by atoms with Crippen LogP contribution in [0.3, 0.4) is 0 Å². The zero-order chi connectivity index (χ0) is 12.8. The summed E-state index contributed by atoms with van der Waals surface area (Å²) in [6, 6.07) is -0.468. The van der Waals surface area contributed by atoms with Gasteiger partial charge in [0.25, 0.3) is 0 Å². The fraction of sp³-hybridized carbons (Fsp3) is 1.00. The van der Waals surface area contributed by atoms with Gasteiger partial charge in [-0.25, -0.2) is 0 Å². The van der Waals surface area contributed by atoms with Crippen molar-refractivity contribution in [1.29, 1.82) is 0 Å². The third-order valence-corrected chi connectivity index (χ3v) is 2.90. The summed E-state index contributed by atoms with van der Waals surface area (Å²) >= 11 is 0. The first kappa shape index (κ1) is 14.8. The van der Waals surface area contributed by atoms with Crippen molar-refractivity contribution in [3.8, 4) is 0 Å². The summed E-state index contributed by atoms with van der Waals surface area (Å²) < 4.78 is 11.0. The minimum atomic E-state index is -0.999. The molecule has 1 aliphatic rings. The summed E-state index contributed by atoms with van der Waals surface area (Å²) in [7, 11) is 3.50. The summed E-state index contributed by atoms with van der Waals surface area (Å²) in [6.07, 6.45) is -3.17. The van der Waals surface area contributed by atoms with Crippen molar-refractivity contribution in [3.63, 3.8) is 0 Å². The van der Waals surface area contributed by atoms with Crippen LogP contribution in [0.2, 0.25) is 0 Å². The first-order valence-corrected chi connectivity index (χ1v) is 5.80. The maximum atomic E-state index is 9.92. The van der Waals surface area contributed by atoms with Gasteiger partial charge in [0.2, 0.25) is 0 Å². The Kier molecular flexibility index (Phi) is 6.28. The third-order valence-electron chi connectivity index (χ3n) is 2.90. The summed E-state index contributed by atoms with van der Waals surface area (Å²) in [6.45, 7) is 1.28. The molecule has 1 rings (SSSR count). The van der Waals surface area contributed by atoms with Crippen molar-refractivity contribution in [2.45, 2.75) is 30.6 Å². The normalized spacial score (nSPS) is 38.3. The summed E-state index contributed by atoms with van der Waals surface area (Å²) in [5.74, 6) is 0. The smallest absolute Gasteiger partial charge is 0.175 e. The molecule has 5 unspecified atom stereocenters. The highest BCUT2D eigenvalue weighted by Crippen LogP contribution is 2.21. The first-order chi connectivity index (χ1) is 8.15. The summed E-state index contributed by atoms with van der Waals surface area (Å²) in [4.78, 5) is 0. The van der Waals surface area contributed by atoms with E-state index < -0.39 is 30.6 Å². The number of likely N-dealkylation sites (N-methyl/N-ethyl adjacent to an activating group) is 2. The molecule has 0 aromatic heterocycles. The predicted molar refractivity (Wildman–Crippen MR) is 62.5 cm³/mol. The zero-order valence-corrected chi connectivity index (χ0v) is 10.3. The maximum Gasteiger partial charge on any atom is 0.175 e. The van der Waals surface area contributed by atoms with Crippen LogP contribution < -0.4 is 16.4 Å². The van der Waals surface area contributed by atoms with Gasteiger partial charge in [0, 0.05) is 13.1 Å². The summed E-state index contributed by atoms with van der Waals surface area (Å²) in [5.41, 5.74) is 5.48. The summed E-state index contributed by atoms with van der Waals surface area (Å²) in [5, 5.41) is 25.5. The van der Waals surface area contributed by atoms with Crippen LogP contribution in [0.5, 0.6) is 0 Å². The molecule has 7 nitrogen and oxygen atoms in total. The molecule has 0 aromatic rings. The highest BCUT2D eigenvalue weighted by atomic mass is 16.7. The standard InChI is InChI=1S/C10H23N3O4/c1-12-3-4-16-10-7(13-2)9(15)8(14)6(5-11)17-10/h6-10,12-15H,3-5,11H2,1-2H3. The fourth-order valence-electron chi connectivity index (χ4n) is 1.85. The molecule has 0 spiro atoms. The Morgan fingerprint density at radius 2 is 2.00 bits per heavy atom. The number of nitrogens with two attached hydrogens (primary N) is 1. The van der Waals surface area contributed by atoms with E-state index in [2.05, 4.69) is 10.6 Å². The molecular weight excluding hydrogens is 226 g/mol. The van der Waals surface area contributed by atoms with Gasteiger partial charge in [-0.05, 0) is 14.1 Å². The van der Waals surface area contributed by atoms with Crippen molar-refractivity contribution in [3.05, 3.63) is 0 Å². The van der Waals surface area contributed by atoms with E-state index >= 15 is 0 Å². The molecule has 1 fully saturated rings. The molecule has 0 amide bonds. The van der Waals surface area contributed by atoms with Crippen LogP contribution in [0.15, 0.2) is 0 Å². The van der Waals surface area contributed by atoms with Crippen LogP contribution in [-0.2, 0) is 9.47 Å². The number of aliphatic hydroxyl groups excluding tert-OH is 2. The average molecular weight is 249 g/mol. The molecule has 102 valence electrons. The van der Waals surface area contributed by atoms with E-state index in [1.54, 1.807) is 7.05 Å². The van der Waals surface area contributed by atoms with Gasteiger partial charge in [-0.15, -0.1) is 0 Å². The number of ether oxygens (including phenoxy) is 2. The van der Waals surface area contributed by atoms with E-state index in [0.29, 0.717) is 13.2 Å². The second-order valence-corrected chi connectivity index (χ2v) is 4.05. The maximum absolute atomic E-state index is 9.92. The Morgan fingerprint density at radius 3 is 2.53 bits per heavy atom. The van der Waals surface area contributed by atoms with Crippen molar-refractivity contribution in [2.24, 2.45) is 5.73 Å². The third kappa shape index (κ3) is 3.59. The Balaban J connectivity index is 2.59. The molecule has 0 bridgehead atoms. The van der Waals surface area contributed by atoms with Gasteiger partial charge in [-0.2, -0.15) is 0 Å². The fourth-order valence-corrected chi connectivity index (χ4v) is 1.85. The lowest BCUT2D eigenvalue weighted by molar-refractivity contribution is -0.261. The van der Waals surface area contributed by atoms with Gasteiger partial charge in [0.1, 0.15) is 18.3 Å². The molecule has 1 aliphatic heterocycles. The Hall–Kier alpha value is -0.280. The highest BCUT2D eigenvalue weighted by Gasteiger charge is 2.43. The van der Waals surface area contributed by atoms with E-state index in [4.69, 9.17) is 15.2 Å². The van der Waals surface area contributed by atoms with Gasteiger partial charge < -0.3 is 36.1 Å². The van der Waals surface area contributed by atoms with Crippen LogP contribution in [0, 0.1) is 0 Å². The van der Waals surface area contributed by atoms with Crippen molar-refractivity contribution >= 4 is 0 Å². The first-order valence-electron chi connectivity index (χ1n) is 5.80. The van der Waals surface area contributed by atoms with Crippen LogP contribution in [0.1, 0.15) is 0 Å². The van der Waals surface area contributed by atoms with Crippen molar-refractivity contribution in [1.82, 2.24) is 10.6 Å². The monoisotopic (exact) mass is 249 g/mol. The Morgan fingerprint density at radius 1 is 1.29 bits per heavy atom. The van der Waals surface area contributed by atoms with E-state index in [1.165, 1.54) is 0 Å². The number of hydrogen-bond donors (Lipinski definition) is 5. The van der Waals surface area contributed by atoms with E-state index in [0.717, 1.165) is 0 Å². The number of rotatable bonds is 6. The van der Waals surface area contributed by atoms with Crippen molar-refractivity contribution in [2.75, 3.05) is 33.8 Å². The van der Waals surface area contributed by atoms with Gasteiger partial charge in [-0.3, -0.25) is 0 Å². The highest BCUT2D eigenvalue weighted by molar-refractivity contribution is 4.93. The lowest BCUT2D eigenvalue weighted by atomic mass is 9.97. The van der Waals surface area contributed by atoms with Gasteiger partial charge in [-0.1, -0.05) is 0 Å². The SMILES string of the molecule is CNCCOC1OC(CN)C(O)C(O)C1NC. The van der Waals surface area contributed by atoms with Crippen LogP contribution in [0.4, 0.5) is 0 Å². The van der Waals surface area contributed by atoms with Gasteiger partial charge in [0.15, 0.2) is 6.29 Å². The van der Waals surface area contributed by atoms with Crippen LogP contribution >= 0.6 is 0 Å². The number of hydrogen-bond acceptors (Lipinski definition) is 7. The minimum Gasteiger partial charge on any atom is -0.388 e. The van der Waals surface area contributed by atoms with Crippen LogP contribution in [0.25, 0.3) is 0 Å². The van der Waals surface area contributed by atoms with E-state index in [-0.39, 0.29) is 6.54 Å². The lowest BCUT2D eigenvalue weighted by Gasteiger charge is -2.42. The molecule has 0 saturated carbocycles. The molecule has 5 atom stereocenters. The topological polar surface area (TPSA) is 109 Å². The second-order valence-electron chi connectivity index (χ2n) is 4.05. The average Bonchev–Trinajstić information content (AvgIpc) is 2.34. The minimum absolute atomic E-state index is 0.139. The molecule has 0 radical (unpaired) electrons. The van der Waals surface area contributed by atoms with Crippen LogP contribution in [-0.4, -0.2) is 74.6 Å². The quantitative estimate of drug-likeness (QED) is 0.324. The van der Waals surface area contributed by atoms with Gasteiger partial charge in [0.05, 0.1) is 12.6 Å². The largest absolute Gasteiger partial charge is 0.388 e. The van der Waals surface area contributed by atoms with Gasteiger partial charge >= 0.3 is 0 Å². The molecule has 0 aliphatic carbocycles. The molecule has 6 N–H and O–H groups in total. The second kappa shape index (κ2) is 7.22.